The second kappa shape index (κ2) is 7.68. The Morgan fingerprint density at radius 2 is 2.20 bits per heavy atom. The van der Waals surface area contributed by atoms with Gasteiger partial charge in [-0.3, -0.25) is 0 Å². The molecule has 2 unspecified atom stereocenters. The summed E-state index contributed by atoms with van der Waals surface area (Å²) in [4.78, 5) is 0. The third kappa shape index (κ3) is 3.99. The first-order chi connectivity index (χ1) is 9.74. The number of rotatable bonds is 7. The van der Waals surface area contributed by atoms with Crippen LogP contribution in [0.4, 0.5) is 0 Å². The van der Waals surface area contributed by atoms with Gasteiger partial charge in [0.25, 0.3) is 0 Å². The lowest BCUT2D eigenvalue weighted by molar-refractivity contribution is 0.233. The van der Waals surface area contributed by atoms with Gasteiger partial charge in [-0.2, -0.15) is 0 Å². The summed E-state index contributed by atoms with van der Waals surface area (Å²) in [7, 11) is 0. The lowest BCUT2D eigenvalue weighted by Crippen LogP contribution is -2.17. The molecule has 0 radical (unpaired) electrons. The Labute approximate surface area is 123 Å². The van der Waals surface area contributed by atoms with Gasteiger partial charge in [-0.15, -0.1) is 0 Å². The van der Waals surface area contributed by atoms with Crippen LogP contribution in [-0.2, 0) is 6.42 Å². The van der Waals surface area contributed by atoms with Crippen LogP contribution in [0.5, 0.6) is 5.75 Å². The van der Waals surface area contributed by atoms with E-state index in [0.717, 1.165) is 25.2 Å². The van der Waals surface area contributed by atoms with Crippen molar-refractivity contribution in [2.75, 3.05) is 6.61 Å². The summed E-state index contributed by atoms with van der Waals surface area (Å²) in [6.45, 7) is 5.36. The number of fused-ring (bicyclic) bond motifs is 1. The monoisotopic (exact) mass is 275 g/mol. The van der Waals surface area contributed by atoms with E-state index < -0.39 is 0 Å². The van der Waals surface area contributed by atoms with Crippen LogP contribution >= 0.6 is 0 Å². The summed E-state index contributed by atoms with van der Waals surface area (Å²) < 4.78 is 6.02. The Morgan fingerprint density at radius 1 is 1.35 bits per heavy atom. The molecule has 0 saturated carbocycles. The van der Waals surface area contributed by atoms with Crippen LogP contribution < -0.4 is 10.5 Å². The van der Waals surface area contributed by atoms with Gasteiger partial charge in [0.05, 0.1) is 6.61 Å². The maximum atomic E-state index is 6.15. The molecule has 0 fully saturated rings. The minimum absolute atomic E-state index is 0.223. The van der Waals surface area contributed by atoms with E-state index >= 15 is 0 Å². The first-order valence-electron chi connectivity index (χ1n) is 8.25. The SMILES string of the molecule is CCCCC(CC)COc1ccc2c(c1)CCCC2N. The van der Waals surface area contributed by atoms with Crippen molar-refractivity contribution in [3.05, 3.63) is 29.3 Å². The standard InChI is InChI=1S/C18H29NO/c1-3-5-7-14(4-2)13-20-16-10-11-17-15(12-16)8-6-9-18(17)19/h10-12,14,18H,3-9,13,19H2,1-2H3. The number of unbranched alkanes of at least 4 members (excludes halogenated alkanes) is 1. The largest absolute Gasteiger partial charge is 0.493 e. The molecule has 0 aromatic heterocycles. The molecular weight excluding hydrogens is 246 g/mol. The van der Waals surface area contributed by atoms with Gasteiger partial charge < -0.3 is 10.5 Å². The highest BCUT2D eigenvalue weighted by molar-refractivity contribution is 5.38. The molecule has 0 saturated heterocycles. The zero-order valence-electron chi connectivity index (χ0n) is 13.0. The minimum atomic E-state index is 0.223. The van der Waals surface area contributed by atoms with Crippen molar-refractivity contribution in [1.29, 1.82) is 0 Å². The highest BCUT2D eigenvalue weighted by atomic mass is 16.5. The molecule has 2 heteroatoms. The molecule has 1 aliphatic rings. The second-order valence-electron chi connectivity index (χ2n) is 6.09. The molecule has 0 amide bonds. The molecule has 20 heavy (non-hydrogen) atoms. The molecule has 2 N–H and O–H groups in total. The summed E-state index contributed by atoms with van der Waals surface area (Å²) in [6.07, 6.45) is 8.52. The highest BCUT2D eigenvalue weighted by Crippen LogP contribution is 2.30. The Hall–Kier alpha value is -1.02. The van der Waals surface area contributed by atoms with E-state index in [9.17, 15) is 0 Å². The topological polar surface area (TPSA) is 35.2 Å². The smallest absolute Gasteiger partial charge is 0.119 e. The maximum absolute atomic E-state index is 6.15. The predicted molar refractivity (Wildman–Crippen MR) is 85.1 cm³/mol. The molecule has 112 valence electrons. The van der Waals surface area contributed by atoms with Gasteiger partial charge in [-0.05, 0) is 54.9 Å². The van der Waals surface area contributed by atoms with Crippen LogP contribution in [0.15, 0.2) is 18.2 Å². The van der Waals surface area contributed by atoms with Gasteiger partial charge in [-0.25, -0.2) is 0 Å². The fourth-order valence-electron chi connectivity index (χ4n) is 3.03. The zero-order chi connectivity index (χ0) is 14.4. The summed E-state index contributed by atoms with van der Waals surface area (Å²) in [5.74, 6) is 1.71. The van der Waals surface area contributed by atoms with Gasteiger partial charge in [-0.1, -0.05) is 39.2 Å². The Kier molecular flexibility index (Phi) is 5.90. The summed E-state index contributed by atoms with van der Waals surface area (Å²) in [6, 6.07) is 6.69. The van der Waals surface area contributed by atoms with Gasteiger partial charge in [0.1, 0.15) is 5.75 Å². The third-order valence-electron chi connectivity index (χ3n) is 4.50. The van der Waals surface area contributed by atoms with Gasteiger partial charge in [0.2, 0.25) is 0 Å². The van der Waals surface area contributed by atoms with E-state index in [0.29, 0.717) is 5.92 Å². The number of hydrogen-bond donors (Lipinski definition) is 1. The molecule has 1 aliphatic carbocycles. The van der Waals surface area contributed by atoms with E-state index in [4.69, 9.17) is 10.5 Å². The molecule has 1 aromatic rings. The lowest BCUT2D eigenvalue weighted by Gasteiger charge is -2.23. The van der Waals surface area contributed by atoms with Crippen LogP contribution in [0.2, 0.25) is 0 Å². The van der Waals surface area contributed by atoms with Gasteiger partial charge in [0, 0.05) is 6.04 Å². The van der Waals surface area contributed by atoms with Crippen LogP contribution in [-0.4, -0.2) is 6.61 Å². The van der Waals surface area contributed by atoms with E-state index in [2.05, 4.69) is 32.0 Å². The van der Waals surface area contributed by atoms with Crippen molar-refractivity contribution in [2.24, 2.45) is 11.7 Å². The zero-order valence-corrected chi connectivity index (χ0v) is 13.0. The molecule has 2 rings (SSSR count). The van der Waals surface area contributed by atoms with Crippen molar-refractivity contribution in [1.82, 2.24) is 0 Å². The molecule has 1 aromatic carbocycles. The van der Waals surface area contributed by atoms with E-state index in [1.807, 2.05) is 0 Å². The molecule has 0 aliphatic heterocycles. The Bertz CT molecular complexity index is 416. The first kappa shape index (κ1) is 15.4. The van der Waals surface area contributed by atoms with Crippen molar-refractivity contribution in [3.63, 3.8) is 0 Å². The average Bonchev–Trinajstić information content (AvgIpc) is 2.47. The van der Waals surface area contributed by atoms with Crippen molar-refractivity contribution < 1.29 is 4.74 Å². The molecule has 0 bridgehead atoms. The Balaban J connectivity index is 1.93. The summed E-state index contributed by atoms with van der Waals surface area (Å²) >= 11 is 0. The fraction of sp³-hybridized carbons (Fsp3) is 0.667. The van der Waals surface area contributed by atoms with Crippen LogP contribution in [0.3, 0.4) is 0 Å². The summed E-state index contributed by atoms with van der Waals surface area (Å²) in [5, 5.41) is 0. The summed E-state index contributed by atoms with van der Waals surface area (Å²) in [5.41, 5.74) is 8.87. The minimum Gasteiger partial charge on any atom is -0.493 e. The molecule has 0 heterocycles. The number of aryl methyl sites for hydroxylation is 1. The predicted octanol–water partition coefficient (Wildman–Crippen LogP) is 4.62. The quantitative estimate of drug-likeness (QED) is 0.788. The fourth-order valence-corrected chi connectivity index (χ4v) is 3.03. The van der Waals surface area contributed by atoms with Crippen LogP contribution in [0.25, 0.3) is 0 Å². The second-order valence-corrected chi connectivity index (χ2v) is 6.09. The Morgan fingerprint density at radius 3 is 2.95 bits per heavy atom. The highest BCUT2D eigenvalue weighted by Gasteiger charge is 2.17. The van der Waals surface area contributed by atoms with Crippen molar-refractivity contribution in [3.8, 4) is 5.75 Å². The van der Waals surface area contributed by atoms with E-state index in [-0.39, 0.29) is 6.04 Å². The maximum Gasteiger partial charge on any atom is 0.119 e. The number of ether oxygens (including phenoxy) is 1. The average molecular weight is 275 g/mol. The van der Waals surface area contributed by atoms with Gasteiger partial charge in [0.15, 0.2) is 0 Å². The van der Waals surface area contributed by atoms with Crippen LogP contribution in [0, 0.1) is 5.92 Å². The lowest BCUT2D eigenvalue weighted by atomic mass is 9.88. The van der Waals surface area contributed by atoms with E-state index in [1.54, 1.807) is 0 Å². The van der Waals surface area contributed by atoms with Crippen molar-refractivity contribution in [2.45, 2.75) is 64.8 Å². The first-order valence-corrected chi connectivity index (χ1v) is 8.25. The number of benzene rings is 1. The molecule has 0 spiro atoms. The molecular formula is C18H29NO. The van der Waals surface area contributed by atoms with E-state index in [1.165, 1.54) is 43.2 Å². The third-order valence-corrected chi connectivity index (χ3v) is 4.50. The number of nitrogens with two attached hydrogens (primary N) is 1. The van der Waals surface area contributed by atoms with Crippen molar-refractivity contribution >= 4 is 0 Å². The normalized spacial score (nSPS) is 19.4. The van der Waals surface area contributed by atoms with Gasteiger partial charge >= 0.3 is 0 Å². The van der Waals surface area contributed by atoms with Crippen LogP contribution in [0.1, 0.15) is 69.5 Å². The molecule has 2 atom stereocenters. The number of hydrogen-bond acceptors (Lipinski definition) is 2. The molecule has 2 nitrogen and oxygen atoms in total.